The number of likely N-dealkylation sites (N-methyl/N-ethyl adjacent to an activating group) is 1. The summed E-state index contributed by atoms with van der Waals surface area (Å²) < 4.78 is 0. The molecule has 1 aromatic rings. The summed E-state index contributed by atoms with van der Waals surface area (Å²) in [5.41, 5.74) is 8.87. The second-order valence-corrected chi connectivity index (χ2v) is 5.62. The monoisotopic (exact) mass is 260 g/mol. The van der Waals surface area contributed by atoms with Gasteiger partial charge < -0.3 is 5.73 Å². The van der Waals surface area contributed by atoms with Crippen molar-refractivity contribution in [3.05, 3.63) is 35.4 Å². The van der Waals surface area contributed by atoms with E-state index < -0.39 is 0 Å². The number of benzene rings is 1. The summed E-state index contributed by atoms with van der Waals surface area (Å²) >= 11 is 0. The van der Waals surface area contributed by atoms with Crippen LogP contribution in [0.15, 0.2) is 24.3 Å². The van der Waals surface area contributed by atoms with Crippen LogP contribution in [0.25, 0.3) is 0 Å². The van der Waals surface area contributed by atoms with Gasteiger partial charge in [-0.25, -0.2) is 0 Å². The van der Waals surface area contributed by atoms with Gasteiger partial charge in [0.25, 0.3) is 0 Å². The lowest BCUT2D eigenvalue weighted by Gasteiger charge is -2.35. The number of aryl methyl sites for hydroxylation is 1. The molecule has 2 N–H and O–H groups in total. The van der Waals surface area contributed by atoms with E-state index >= 15 is 0 Å². The minimum Gasteiger partial charge on any atom is -0.329 e. The first-order valence-corrected chi connectivity index (χ1v) is 7.84. The molecule has 0 spiro atoms. The highest BCUT2D eigenvalue weighted by Gasteiger charge is 2.27. The molecule has 106 valence electrons. The molecular weight excluding hydrogens is 232 g/mol. The van der Waals surface area contributed by atoms with Crippen molar-refractivity contribution in [3.8, 4) is 0 Å². The lowest BCUT2D eigenvalue weighted by Crippen LogP contribution is -2.40. The van der Waals surface area contributed by atoms with Crippen molar-refractivity contribution >= 4 is 0 Å². The Labute approximate surface area is 118 Å². The molecule has 0 radical (unpaired) electrons. The Kier molecular flexibility index (Phi) is 5.41. The Morgan fingerprint density at radius 2 is 1.79 bits per heavy atom. The van der Waals surface area contributed by atoms with Gasteiger partial charge in [0.1, 0.15) is 0 Å². The number of rotatable bonds is 6. The van der Waals surface area contributed by atoms with Crippen LogP contribution in [0.1, 0.15) is 56.7 Å². The predicted molar refractivity (Wildman–Crippen MR) is 82.3 cm³/mol. The van der Waals surface area contributed by atoms with Gasteiger partial charge in [-0.05, 0) is 36.9 Å². The number of hydrogen-bond donors (Lipinski definition) is 1. The molecule has 0 saturated heterocycles. The molecule has 0 aromatic heterocycles. The zero-order valence-electron chi connectivity index (χ0n) is 12.4. The third-order valence-electron chi connectivity index (χ3n) is 4.56. The van der Waals surface area contributed by atoms with Gasteiger partial charge in [0, 0.05) is 18.6 Å². The second-order valence-electron chi connectivity index (χ2n) is 5.62. The van der Waals surface area contributed by atoms with Crippen molar-refractivity contribution in [2.24, 2.45) is 5.73 Å². The summed E-state index contributed by atoms with van der Waals surface area (Å²) in [4.78, 5) is 2.62. The minimum absolute atomic E-state index is 0.388. The van der Waals surface area contributed by atoms with Gasteiger partial charge in [-0.15, -0.1) is 0 Å². The molecule has 1 unspecified atom stereocenters. The average Bonchev–Trinajstić information content (AvgIpc) is 2.98. The van der Waals surface area contributed by atoms with Crippen molar-refractivity contribution in [1.82, 2.24) is 4.90 Å². The molecule has 0 aliphatic heterocycles. The average molecular weight is 260 g/mol. The molecular formula is C17H28N2. The van der Waals surface area contributed by atoms with E-state index in [0.717, 1.165) is 25.6 Å². The van der Waals surface area contributed by atoms with Crippen molar-refractivity contribution in [3.63, 3.8) is 0 Å². The van der Waals surface area contributed by atoms with Crippen LogP contribution < -0.4 is 5.73 Å². The fourth-order valence-electron chi connectivity index (χ4n) is 3.41. The lowest BCUT2D eigenvalue weighted by atomic mass is 10.0. The van der Waals surface area contributed by atoms with Gasteiger partial charge in [0.15, 0.2) is 0 Å². The Bertz CT molecular complexity index is 365. The van der Waals surface area contributed by atoms with Gasteiger partial charge in [0.2, 0.25) is 0 Å². The smallest absolute Gasteiger partial charge is 0.0473 e. The van der Waals surface area contributed by atoms with Crippen molar-refractivity contribution in [2.45, 2.75) is 58.0 Å². The van der Waals surface area contributed by atoms with E-state index in [-0.39, 0.29) is 0 Å². The van der Waals surface area contributed by atoms with E-state index in [0.29, 0.717) is 6.04 Å². The van der Waals surface area contributed by atoms with Gasteiger partial charge in [-0.3, -0.25) is 4.90 Å². The van der Waals surface area contributed by atoms with Gasteiger partial charge in [-0.1, -0.05) is 51.0 Å². The third kappa shape index (κ3) is 3.37. The van der Waals surface area contributed by atoms with Crippen LogP contribution in [0, 0.1) is 0 Å². The first-order chi connectivity index (χ1) is 9.30. The van der Waals surface area contributed by atoms with Gasteiger partial charge in [0.05, 0.1) is 0 Å². The SMILES string of the molecule is CCc1ccc(C(CN)N(CC)C2CCCC2)cc1. The van der Waals surface area contributed by atoms with Crippen LogP contribution in [-0.4, -0.2) is 24.0 Å². The fourth-order valence-corrected chi connectivity index (χ4v) is 3.41. The van der Waals surface area contributed by atoms with Crippen LogP contribution in [0.2, 0.25) is 0 Å². The Morgan fingerprint density at radius 1 is 1.16 bits per heavy atom. The molecule has 0 amide bonds. The molecule has 1 atom stereocenters. The van der Waals surface area contributed by atoms with Crippen molar-refractivity contribution in [2.75, 3.05) is 13.1 Å². The topological polar surface area (TPSA) is 29.3 Å². The molecule has 2 rings (SSSR count). The molecule has 0 heterocycles. The normalized spacial score (nSPS) is 18.1. The number of nitrogens with two attached hydrogens (primary N) is 1. The van der Waals surface area contributed by atoms with Crippen LogP contribution in [0.4, 0.5) is 0 Å². The maximum absolute atomic E-state index is 6.08. The maximum Gasteiger partial charge on any atom is 0.0473 e. The van der Waals surface area contributed by atoms with Gasteiger partial charge >= 0.3 is 0 Å². The fraction of sp³-hybridized carbons (Fsp3) is 0.647. The molecule has 1 aromatic carbocycles. The summed E-state index contributed by atoms with van der Waals surface area (Å²) in [6.45, 7) is 6.28. The molecule has 0 bridgehead atoms. The quantitative estimate of drug-likeness (QED) is 0.848. The highest BCUT2D eigenvalue weighted by atomic mass is 15.2. The Hall–Kier alpha value is -0.860. The van der Waals surface area contributed by atoms with Crippen molar-refractivity contribution in [1.29, 1.82) is 0 Å². The van der Waals surface area contributed by atoms with Crippen molar-refractivity contribution < 1.29 is 0 Å². The maximum atomic E-state index is 6.08. The van der Waals surface area contributed by atoms with E-state index in [1.54, 1.807) is 0 Å². The first kappa shape index (κ1) is 14.5. The Morgan fingerprint density at radius 3 is 2.26 bits per heavy atom. The molecule has 1 saturated carbocycles. The van der Waals surface area contributed by atoms with E-state index in [4.69, 9.17) is 5.73 Å². The molecule has 19 heavy (non-hydrogen) atoms. The third-order valence-corrected chi connectivity index (χ3v) is 4.56. The largest absolute Gasteiger partial charge is 0.329 e. The van der Waals surface area contributed by atoms with Crippen LogP contribution >= 0.6 is 0 Å². The van der Waals surface area contributed by atoms with E-state index in [1.165, 1.54) is 36.8 Å². The van der Waals surface area contributed by atoms with Gasteiger partial charge in [-0.2, -0.15) is 0 Å². The lowest BCUT2D eigenvalue weighted by molar-refractivity contribution is 0.147. The minimum atomic E-state index is 0.388. The zero-order valence-corrected chi connectivity index (χ0v) is 12.4. The predicted octanol–water partition coefficient (Wildman–Crippen LogP) is 3.51. The molecule has 1 aliphatic rings. The summed E-state index contributed by atoms with van der Waals surface area (Å²) in [6, 6.07) is 10.2. The van der Waals surface area contributed by atoms with E-state index in [1.807, 2.05) is 0 Å². The van der Waals surface area contributed by atoms with Crippen LogP contribution in [-0.2, 0) is 6.42 Å². The number of nitrogens with zero attached hydrogens (tertiary/aromatic N) is 1. The van der Waals surface area contributed by atoms with Crippen LogP contribution in [0.3, 0.4) is 0 Å². The molecule has 1 aliphatic carbocycles. The zero-order chi connectivity index (χ0) is 13.7. The standard InChI is InChI=1S/C17H28N2/c1-3-14-9-11-15(12-10-14)17(13-18)19(4-2)16-7-5-6-8-16/h9-12,16-17H,3-8,13,18H2,1-2H3. The molecule has 1 fully saturated rings. The second kappa shape index (κ2) is 7.06. The summed E-state index contributed by atoms with van der Waals surface area (Å²) in [5, 5.41) is 0. The summed E-state index contributed by atoms with van der Waals surface area (Å²) in [6.07, 6.45) is 6.56. The highest BCUT2D eigenvalue weighted by molar-refractivity contribution is 5.25. The summed E-state index contributed by atoms with van der Waals surface area (Å²) in [5.74, 6) is 0. The van der Waals surface area contributed by atoms with E-state index in [2.05, 4.69) is 43.0 Å². The first-order valence-electron chi connectivity index (χ1n) is 7.84. The summed E-state index contributed by atoms with van der Waals surface area (Å²) in [7, 11) is 0. The Balaban J connectivity index is 2.15. The van der Waals surface area contributed by atoms with E-state index in [9.17, 15) is 0 Å². The highest BCUT2D eigenvalue weighted by Crippen LogP contribution is 2.30. The molecule has 2 nitrogen and oxygen atoms in total. The van der Waals surface area contributed by atoms with Crippen LogP contribution in [0.5, 0.6) is 0 Å². The number of hydrogen-bond acceptors (Lipinski definition) is 2. The molecule has 2 heteroatoms.